The van der Waals surface area contributed by atoms with Crippen molar-refractivity contribution in [2.45, 2.75) is 17.4 Å². The third-order valence-corrected chi connectivity index (χ3v) is 4.64. The number of aliphatic carboxylic acids is 1. The summed E-state index contributed by atoms with van der Waals surface area (Å²) in [6, 6.07) is 14.9. The van der Waals surface area contributed by atoms with Crippen LogP contribution in [0.1, 0.15) is 23.6 Å². The van der Waals surface area contributed by atoms with E-state index in [0.29, 0.717) is 11.1 Å². The van der Waals surface area contributed by atoms with Gasteiger partial charge in [-0.2, -0.15) is 5.26 Å². The highest BCUT2D eigenvalue weighted by Crippen LogP contribution is 2.21. The highest BCUT2D eigenvalue weighted by atomic mass is 32.2. The fraction of sp³-hybridized carbons (Fsp3) is 0.125. The molecule has 0 aliphatic carbocycles. The van der Waals surface area contributed by atoms with Crippen LogP contribution in [0, 0.1) is 11.3 Å². The van der Waals surface area contributed by atoms with Crippen molar-refractivity contribution in [3.05, 3.63) is 65.7 Å². The smallest absolute Gasteiger partial charge is 0.305 e. The van der Waals surface area contributed by atoms with E-state index in [2.05, 4.69) is 4.72 Å². The van der Waals surface area contributed by atoms with Crippen molar-refractivity contribution in [2.24, 2.45) is 0 Å². The minimum absolute atomic E-state index is 0.0480. The quantitative estimate of drug-likeness (QED) is 0.843. The molecule has 0 fully saturated rings. The van der Waals surface area contributed by atoms with Crippen molar-refractivity contribution in [2.75, 3.05) is 0 Å². The Morgan fingerprint density at radius 1 is 1.17 bits per heavy atom. The summed E-state index contributed by atoms with van der Waals surface area (Å²) in [5.74, 6) is -1.15. The van der Waals surface area contributed by atoms with Crippen LogP contribution < -0.4 is 4.72 Å². The molecule has 2 aromatic rings. The van der Waals surface area contributed by atoms with Crippen molar-refractivity contribution >= 4 is 16.0 Å². The minimum atomic E-state index is -3.87. The number of hydrogen-bond donors (Lipinski definition) is 2. The Bertz CT molecular complexity index is 842. The molecule has 6 nitrogen and oxygen atoms in total. The van der Waals surface area contributed by atoms with Crippen LogP contribution in [-0.4, -0.2) is 19.5 Å². The fourth-order valence-electron chi connectivity index (χ4n) is 2.08. The van der Waals surface area contributed by atoms with Gasteiger partial charge in [-0.1, -0.05) is 30.3 Å². The molecule has 118 valence electrons. The molecule has 0 aromatic heterocycles. The van der Waals surface area contributed by atoms with E-state index in [9.17, 15) is 13.2 Å². The molecule has 0 radical (unpaired) electrons. The maximum absolute atomic E-state index is 12.4. The van der Waals surface area contributed by atoms with Crippen LogP contribution in [0.3, 0.4) is 0 Å². The SMILES string of the molecule is N#Cc1cccc(C(CC(=O)O)NS(=O)(=O)c2ccccc2)c1. The monoisotopic (exact) mass is 330 g/mol. The molecule has 2 rings (SSSR count). The molecule has 0 amide bonds. The van der Waals surface area contributed by atoms with Crippen molar-refractivity contribution in [1.29, 1.82) is 5.26 Å². The van der Waals surface area contributed by atoms with Gasteiger partial charge in [0.1, 0.15) is 0 Å². The number of nitrogens with one attached hydrogen (secondary N) is 1. The number of sulfonamides is 1. The highest BCUT2D eigenvalue weighted by Gasteiger charge is 2.23. The van der Waals surface area contributed by atoms with Crippen LogP contribution in [0.25, 0.3) is 0 Å². The third kappa shape index (κ3) is 4.39. The summed E-state index contributed by atoms with van der Waals surface area (Å²) >= 11 is 0. The van der Waals surface area contributed by atoms with Gasteiger partial charge >= 0.3 is 5.97 Å². The average molecular weight is 330 g/mol. The zero-order chi connectivity index (χ0) is 16.9. The summed E-state index contributed by atoms with van der Waals surface area (Å²) in [6.45, 7) is 0. The molecule has 0 bridgehead atoms. The predicted octanol–water partition coefficient (Wildman–Crippen LogP) is 2.05. The molecular weight excluding hydrogens is 316 g/mol. The first-order chi connectivity index (χ1) is 10.9. The van der Waals surface area contributed by atoms with E-state index in [1.54, 1.807) is 36.4 Å². The normalized spacial score (nSPS) is 12.3. The second-order valence-corrected chi connectivity index (χ2v) is 6.54. The Morgan fingerprint density at radius 2 is 1.87 bits per heavy atom. The van der Waals surface area contributed by atoms with Crippen molar-refractivity contribution in [3.63, 3.8) is 0 Å². The Morgan fingerprint density at radius 3 is 2.48 bits per heavy atom. The zero-order valence-electron chi connectivity index (χ0n) is 12.0. The Labute approximate surface area is 134 Å². The average Bonchev–Trinajstić information content (AvgIpc) is 2.54. The molecule has 0 aliphatic heterocycles. The Kier molecular flexibility index (Phi) is 5.11. The van der Waals surface area contributed by atoms with E-state index in [1.165, 1.54) is 18.2 Å². The van der Waals surface area contributed by atoms with E-state index in [-0.39, 0.29) is 4.90 Å². The molecule has 0 spiro atoms. The predicted molar refractivity (Wildman–Crippen MR) is 82.9 cm³/mol. The lowest BCUT2D eigenvalue weighted by atomic mass is 10.0. The molecule has 1 unspecified atom stereocenters. The number of hydrogen-bond acceptors (Lipinski definition) is 4. The number of carboxylic acids is 1. The lowest BCUT2D eigenvalue weighted by molar-refractivity contribution is -0.137. The molecule has 2 aromatic carbocycles. The summed E-state index contributed by atoms with van der Waals surface area (Å²) in [6.07, 6.45) is -0.430. The van der Waals surface area contributed by atoms with Gasteiger partial charge in [-0.05, 0) is 29.8 Å². The molecule has 2 N–H and O–H groups in total. The number of carboxylic acid groups (broad SMARTS) is 1. The van der Waals surface area contributed by atoms with Crippen LogP contribution in [-0.2, 0) is 14.8 Å². The van der Waals surface area contributed by atoms with Gasteiger partial charge in [-0.3, -0.25) is 4.79 Å². The van der Waals surface area contributed by atoms with E-state index in [1.807, 2.05) is 6.07 Å². The van der Waals surface area contributed by atoms with Gasteiger partial charge in [-0.25, -0.2) is 13.1 Å². The summed E-state index contributed by atoms with van der Waals surface area (Å²) in [7, 11) is -3.87. The number of nitrogens with zero attached hydrogens (tertiary/aromatic N) is 1. The van der Waals surface area contributed by atoms with Crippen LogP contribution in [0.2, 0.25) is 0 Å². The molecule has 0 heterocycles. The van der Waals surface area contributed by atoms with Gasteiger partial charge in [0.25, 0.3) is 0 Å². The number of rotatable bonds is 6. The number of benzene rings is 2. The zero-order valence-corrected chi connectivity index (χ0v) is 12.8. The van der Waals surface area contributed by atoms with Crippen molar-refractivity contribution in [1.82, 2.24) is 4.72 Å². The third-order valence-electron chi connectivity index (χ3n) is 3.15. The topological polar surface area (TPSA) is 107 Å². The van der Waals surface area contributed by atoms with Gasteiger partial charge < -0.3 is 5.11 Å². The summed E-state index contributed by atoms with van der Waals surface area (Å²) in [5, 5.41) is 18.0. The lowest BCUT2D eigenvalue weighted by Crippen LogP contribution is -2.30. The Hall–Kier alpha value is -2.69. The van der Waals surface area contributed by atoms with E-state index < -0.39 is 28.5 Å². The second-order valence-electron chi connectivity index (χ2n) is 4.82. The Balaban J connectivity index is 2.36. The van der Waals surface area contributed by atoms with Crippen LogP contribution >= 0.6 is 0 Å². The first-order valence-corrected chi connectivity index (χ1v) is 8.20. The van der Waals surface area contributed by atoms with Crippen LogP contribution in [0.5, 0.6) is 0 Å². The molecule has 7 heteroatoms. The van der Waals surface area contributed by atoms with Crippen molar-refractivity contribution < 1.29 is 18.3 Å². The fourth-order valence-corrected chi connectivity index (χ4v) is 3.33. The number of carbonyl (C=O) groups is 1. The summed E-state index contributed by atoms with van der Waals surface area (Å²) in [5.41, 5.74) is 0.753. The largest absolute Gasteiger partial charge is 0.481 e. The maximum Gasteiger partial charge on any atom is 0.305 e. The van der Waals surface area contributed by atoms with Gasteiger partial charge in [0.2, 0.25) is 10.0 Å². The van der Waals surface area contributed by atoms with E-state index in [4.69, 9.17) is 10.4 Å². The van der Waals surface area contributed by atoms with Crippen LogP contribution in [0.4, 0.5) is 0 Å². The summed E-state index contributed by atoms with van der Waals surface area (Å²) < 4.78 is 27.2. The van der Waals surface area contributed by atoms with Crippen LogP contribution in [0.15, 0.2) is 59.5 Å². The first-order valence-electron chi connectivity index (χ1n) is 6.71. The standard InChI is InChI=1S/C16H14N2O4S/c17-11-12-5-4-6-13(9-12)15(10-16(19)20)18-23(21,22)14-7-2-1-3-8-14/h1-9,15,18H,10H2,(H,19,20). The second kappa shape index (κ2) is 7.05. The lowest BCUT2D eigenvalue weighted by Gasteiger charge is -2.17. The van der Waals surface area contributed by atoms with Gasteiger partial charge in [-0.15, -0.1) is 0 Å². The van der Waals surface area contributed by atoms with E-state index >= 15 is 0 Å². The molecule has 0 saturated carbocycles. The van der Waals surface area contributed by atoms with Gasteiger partial charge in [0.15, 0.2) is 0 Å². The molecule has 23 heavy (non-hydrogen) atoms. The molecule has 1 atom stereocenters. The number of nitriles is 1. The maximum atomic E-state index is 12.4. The minimum Gasteiger partial charge on any atom is -0.481 e. The summed E-state index contributed by atoms with van der Waals surface area (Å²) in [4.78, 5) is 11.1. The molecule has 0 aliphatic rings. The first kappa shape index (κ1) is 16.7. The molecule has 0 saturated heterocycles. The van der Waals surface area contributed by atoms with E-state index in [0.717, 1.165) is 0 Å². The highest BCUT2D eigenvalue weighted by molar-refractivity contribution is 7.89. The van der Waals surface area contributed by atoms with Crippen molar-refractivity contribution in [3.8, 4) is 6.07 Å². The van der Waals surface area contributed by atoms with Gasteiger partial charge in [0, 0.05) is 0 Å². The molecular formula is C16H14N2O4S. The van der Waals surface area contributed by atoms with Gasteiger partial charge in [0.05, 0.1) is 29.0 Å².